The smallest absolute Gasteiger partial charge is 0.243 e. The number of carbonyl (C=O) groups excluding carboxylic acids is 2. The molecule has 0 aliphatic carbocycles. The zero-order valence-corrected chi connectivity index (χ0v) is 23.2. The van der Waals surface area contributed by atoms with Crippen LogP contribution in [0.15, 0.2) is 83.8 Å². The van der Waals surface area contributed by atoms with Gasteiger partial charge in [0.25, 0.3) is 0 Å². The number of nitrogens with one attached hydrogen (secondary N) is 1. The van der Waals surface area contributed by atoms with Gasteiger partial charge in [0.1, 0.15) is 6.04 Å². The number of thioether (sulfide) groups is 1. The maximum absolute atomic E-state index is 13.7. The molecule has 3 aromatic rings. The molecule has 0 bridgehead atoms. The van der Waals surface area contributed by atoms with Gasteiger partial charge in [-0.1, -0.05) is 65.7 Å². The van der Waals surface area contributed by atoms with Gasteiger partial charge >= 0.3 is 0 Å². The van der Waals surface area contributed by atoms with Gasteiger partial charge < -0.3 is 10.2 Å². The largest absolute Gasteiger partial charge is 0.350 e. The lowest BCUT2D eigenvalue weighted by atomic mass is 10.0. The van der Waals surface area contributed by atoms with Crippen LogP contribution in [0.5, 0.6) is 0 Å². The van der Waals surface area contributed by atoms with Crippen LogP contribution in [0.25, 0.3) is 0 Å². The van der Waals surface area contributed by atoms with E-state index in [4.69, 9.17) is 23.2 Å². The first-order valence-corrected chi connectivity index (χ1v) is 13.6. The van der Waals surface area contributed by atoms with Gasteiger partial charge in [-0.2, -0.15) is 0 Å². The maximum atomic E-state index is 13.7. The van der Waals surface area contributed by atoms with E-state index in [9.17, 15) is 9.59 Å². The number of halogens is 2. The first kappa shape index (κ1) is 28.1. The number of amides is 2. The second-order valence-electron chi connectivity index (χ2n) is 9.65. The Kier molecular flexibility index (Phi) is 10.3. The van der Waals surface area contributed by atoms with Crippen LogP contribution in [0, 0.1) is 0 Å². The highest BCUT2D eigenvalue weighted by Gasteiger charge is 2.32. The van der Waals surface area contributed by atoms with Crippen molar-refractivity contribution >= 4 is 46.8 Å². The van der Waals surface area contributed by atoms with Crippen LogP contribution < -0.4 is 5.32 Å². The van der Waals surface area contributed by atoms with Gasteiger partial charge in [-0.15, -0.1) is 11.8 Å². The van der Waals surface area contributed by atoms with Crippen LogP contribution in [-0.4, -0.2) is 34.0 Å². The van der Waals surface area contributed by atoms with Gasteiger partial charge in [-0.25, -0.2) is 0 Å². The maximum Gasteiger partial charge on any atom is 0.243 e. The van der Waals surface area contributed by atoms with Crippen molar-refractivity contribution in [2.75, 3.05) is 5.75 Å². The molecule has 0 unspecified atom stereocenters. The summed E-state index contributed by atoms with van der Waals surface area (Å²) in [6, 6.07) is 24.1. The summed E-state index contributed by atoms with van der Waals surface area (Å²) >= 11 is 13.8. The summed E-state index contributed by atoms with van der Waals surface area (Å²) in [5.41, 5.74) is 1.44. The molecule has 2 amide bonds. The molecule has 0 aromatic heterocycles. The first-order valence-electron chi connectivity index (χ1n) is 11.9. The van der Waals surface area contributed by atoms with Crippen molar-refractivity contribution in [2.45, 2.75) is 56.6 Å². The lowest BCUT2D eigenvalue weighted by Gasteiger charge is -2.34. The standard InChI is InChI=1S/C29H32Cl2N2O2S/c1-29(2,3)32-28(35)26(19-21-8-5-4-6-9-21)33(20-22-10-7-11-24(31)18-22)27(34)16-17-36-25-14-12-23(30)13-15-25/h4-15,18,26H,16-17,19-20H2,1-3H3,(H,32,35)/t26-/m0/s1. The molecule has 0 saturated heterocycles. The van der Waals surface area contributed by atoms with E-state index in [0.717, 1.165) is 16.0 Å². The molecule has 1 atom stereocenters. The van der Waals surface area contributed by atoms with Gasteiger partial charge in [-0.3, -0.25) is 9.59 Å². The summed E-state index contributed by atoms with van der Waals surface area (Å²) < 4.78 is 0. The molecule has 3 aromatic carbocycles. The van der Waals surface area contributed by atoms with E-state index in [0.29, 0.717) is 35.2 Å². The van der Waals surface area contributed by atoms with Gasteiger partial charge in [0.15, 0.2) is 0 Å². The van der Waals surface area contributed by atoms with Crippen molar-refractivity contribution in [2.24, 2.45) is 0 Å². The minimum Gasteiger partial charge on any atom is -0.350 e. The summed E-state index contributed by atoms with van der Waals surface area (Å²) in [5, 5.41) is 4.35. The highest BCUT2D eigenvalue weighted by Crippen LogP contribution is 2.23. The third-order valence-corrected chi connectivity index (χ3v) is 6.91. The van der Waals surface area contributed by atoms with Crippen LogP contribution in [0.1, 0.15) is 38.3 Å². The van der Waals surface area contributed by atoms with E-state index in [2.05, 4.69) is 5.32 Å². The normalized spacial score (nSPS) is 12.1. The molecule has 7 heteroatoms. The van der Waals surface area contributed by atoms with Crippen LogP contribution in [0.3, 0.4) is 0 Å². The number of hydrogen-bond acceptors (Lipinski definition) is 3. The summed E-state index contributed by atoms with van der Waals surface area (Å²) in [7, 11) is 0. The van der Waals surface area contributed by atoms with Crippen molar-refractivity contribution in [3.8, 4) is 0 Å². The molecule has 0 saturated carbocycles. The Labute approximate surface area is 228 Å². The van der Waals surface area contributed by atoms with E-state index < -0.39 is 11.6 Å². The van der Waals surface area contributed by atoms with E-state index in [-0.39, 0.29) is 11.8 Å². The zero-order valence-electron chi connectivity index (χ0n) is 20.8. The molecule has 0 heterocycles. The monoisotopic (exact) mass is 542 g/mol. The van der Waals surface area contributed by atoms with Crippen LogP contribution in [0.4, 0.5) is 0 Å². The Morgan fingerprint density at radius 2 is 1.56 bits per heavy atom. The minimum atomic E-state index is -0.668. The van der Waals surface area contributed by atoms with Gasteiger partial charge in [0.05, 0.1) is 0 Å². The molecule has 0 aliphatic rings. The van der Waals surface area contributed by atoms with Gasteiger partial charge in [-0.05, 0) is 68.3 Å². The fraction of sp³-hybridized carbons (Fsp3) is 0.310. The van der Waals surface area contributed by atoms with Crippen molar-refractivity contribution in [3.63, 3.8) is 0 Å². The summed E-state index contributed by atoms with van der Waals surface area (Å²) in [6.07, 6.45) is 0.710. The topological polar surface area (TPSA) is 49.4 Å². The van der Waals surface area contributed by atoms with E-state index in [1.54, 1.807) is 22.7 Å². The van der Waals surface area contributed by atoms with Crippen molar-refractivity contribution in [3.05, 3.63) is 100 Å². The highest BCUT2D eigenvalue weighted by molar-refractivity contribution is 7.99. The van der Waals surface area contributed by atoms with Crippen LogP contribution in [-0.2, 0) is 22.6 Å². The highest BCUT2D eigenvalue weighted by atomic mass is 35.5. The summed E-state index contributed by atoms with van der Waals surface area (Å²) in [6.45, 7) is 6.11. The quantitative estimate of drug-likeness (QED) is 0.279. The van der Waals surface area contributed by atoms with Crippen molar-refractivity contribution in [1.82, 2.24) is 10.2 Å². The Morgan fingerprint density at radius 3 is 2.19 bits per heavy atom. The summed E-state index contributed by atoms with van der Waals surface area (Å²) in [5.74, 6) is 0.333. The Morgan fingerprint density at radius 1 is 0.889 bits per heavy atom. The number of nitrogens with zero attached hydrogens (tertiary/aromatic N) is 1. The predicted molar refractivity (Wildman–Crippen MR) is 151 cm³/mol. The molecular weight excluding hydrogens is 511 g/mol. The number of carbonyl (C=O) groups is 2. The SMILES string of the molecule is CC(C)(C)NC(=O)[C@H](Cc1ccccc1)N(Cc1cccc(Cl)c1)C(=O)CCSc1ccc(Cl)cc1. The molecule has 0 radical (unpaired) electrons. The second-order valence-corrected chi connectivity index (χ2v) is 11.7. The molecule has 36 heavy (non-hydrogen) atoms. The average molecular weight is 544 g/mol. The first-order chi connectivity index (χ1) is 17.1. The van der Waals surface area contributed by atoms with E-state index >= 15 is 0 Å². The van der Waals surface area contributed by atoms with Gasteiger partial charge in [0.2, 0.25) is 11.8 Å². The number of benzene rings is 3. The summed E-state index contributed by atoms with van der Waals surface area (Å²) in [4.78, 5) is 29.9. The third kappa shape index (κ3) is 9.20. The molecule has 3 rings (SSSR count). The van der Waals surface area contributed by atoms with Gasteiger partial charge in [0, 0.05) is 45.6 Å². The zero-order chi connectivity index (χ0) is 26.1. The molecule has 0 spiro atoms. The lowest BCUT2D eigenvalue weighted by molar-refractivity contribution is -0.141. The van der Waals surface area contributed by atoms with E-state index in [1.165, 1.54) is 0 Å². The fourth-order valence-corrected chi connectivity index (χ4v) is 4.95. The molecule has 190 valence electrons. The number of rotatable bonds is 10. The van der Waals surface area contributed by atoms with E-state index in [1.807, 2.05) is 93.6 Å². The minimum absolute atomic E-state index is 0.0820. The molecule has 0 aliphatic heterocycles. The van der Waals surface area contributed by atoms with Crippen LogP contribution >= 0.6 is 35.0 Å². The Balaban J connectivity index is 1.86. The molecule has 4 nitrogen and oxygen atoms in total. The third-order valence-electron chi connectivity index (χ3n) is 5.41. The van der Waals surface area contributed by atoms with Crippen molar-refractivity contribution < 1.29 is 9.59 Å². The average Bonchev–Trinajstić information content (AvgIpc) is 2.82. The Hall–Kier alpha value is -2.47. The number of hydrogen-bond donors (Lipinski definition) is 1. The van der Waals surface area contributed by atoms with Crippen molar-refractivity contribution in [1.29, 1.82) is 0 Å². The molecule has 0 fully saturated rings. The lowest BCUT2D eigenvalue weighted by Crippen LogP contribution is -2.54. The molecule has 1 N–H and O–H groups in total. The molecular formula is C29H32Cl2N2O2S. The fourth-order valence-electron chi connectivity index (χ4n) is 3.77. The second kappa shape index (κ2) is 13.2. The predicted octanol–water partition coefficient (Wildman–Crippen LogP) is 7.03. The Bertz CT molecular complexity index is 1150. The van der Waals surface area contributed by atoms with Crippen LogP contribution in [0.2, 0.25) is 10.0 Å².